The van der Waals surface area contributed by atoms with E-state index in [0.717, 1.165) is 22.7 Å². The quantitative estimate of drug-likeness (QED) is 0.171. The van der Waals surface area contributed by atoms with Crippen LogP contribution in [0.1, 0.15) is 0 Å². The molecule has 4 aromatic heterocycles. The van der Waals surface area contributed by atoms with Gasteiger partial charge in [0.1, 0.15) is 0 Å². The third-order valence-corrected chi connectivity index (χ3v) is 12.3. The van der Waals surface area contributed by atoms with Crippen LogP contribution >= 0.6 is 0 Å². The van der Waals surface area contributed by atoms with Crippen molar-refractivity contribution in [1.82, 2.24) is 18.3 Å². The average Bonchev–Trinajstić information content (AvgIpc) is 4.00. The van der Waals surface area contributed by atoms with E-state index in [9.17, 15) is 0 Å². The maximum Gasteiger partial charge on any atom is 0.0562 e. The highest BCUT2D eigenvalue weighted by Gasteiger charge is 2.22. The normalized spacial score (nSPS) is 12.1. The van der Waals surface area contributed by atoms with Crippen LogP contribution in [-0.2, 0) is 0 Å². The van der Waals surface area contributed by atoms with Gasteiger partial charge in [-0.15, -0.1) is 0 Å². The summed E-state index contributed by atoms with van der Waals surface area (Å²) in [4.78, 5) is 0. The maximum atomic E-state index is 2.47. The van der Waals surface area contributed by atoms with Crippen LogP contribution in [0.3, 0.4) is 0 Å². The van der Waals surface area contributed by atoms with E-state index in [4.69, 9.17) is 0 Å². The van der Waals surface area contributed by atoms with E-state index in [1.165, 1.54) is 87.2 Å². The van der Waals surface area contributed by atoms with E-state index in [1.807, 2.05) is 0 Å². The van der Waals surface area contributed by atoms with E-state index in [0.29, 0.717) is 0 Å². The average molecular weight is 739 g/mol. The highest BCUT2D eigenvalue weighted by atomic mass is 15.0. The zero-order chi connectivity index (χ0) is 37.9. The second-order valence-corrected chi connectivity index (χ2v) is 15.4. The summed E-state index contributed by atoms with van der Waals surface area (Å²) >= 11 is 0. The number of rotatable bonds is 4. The Balaban J connectivity index is 1.14. The Labute approximate surface area is 333 Å². The number of hydrogen-bond donors (Lipinski definition) is 0. The lowest BCUT2D eigenvalue weighted by atomic mass is 10.1. The third kappa shape index (κ3) is 4.29. The molecule has 0 aliphatic heterocycles. The standard InChI is InChI=1S/C54H34N4/c1-4-16-35(17-5-1)55-47-25-13-10-22-39(47)43-31-44-41-24-12-15-27-49(41)58(53(44)33-51(43)55)38-28-29-50-42(30-38)46-32-45-40-23-11-14-26-48(40)56(36-18-6-2-7-19-36)52(45)34-54(46)57(50)37-20-8-3-9-21-37/h1-34H. The molecule has 0 fully saturated rings. The number of nitrogens with zero attached hydrogens (tertiary/aromatic N) is 4. The van der Waals surface area contributed by atoms with Gasteiger partial charge in [-0.05, 0) is 97.1 Å². The fourth-order valence-corrected chi connectivity index (χ4v) is 9.88. The smallest absolute Gasteiger partial charge is 0.0562 e. The summed E-state index contributed by atoms with van der Waals surface area (Å²) < 4.78 is 9.74. The van der Waals surface area contributed by atoms with Gasteiger partial charge >= 0.3 is 0 Å². The summed E-state index contributed by atoms with van der Waals surface area (Å²) in [7, 11) is 0. The van der Waals surface area contributed by atoms with Crippen LogP contribution in [0, 0.1) is 0 Å². The summed E-state index contributed by atoms with van der Waals surface area (Å²) in [6.45, 7) is 0. The van der Waals surface area contributed by atoms with Crippen LogP contribution in [-0.4, -0.2) is 18.3 Å². The molecule has 4 nitrogen and oxygen atoms in total. The molecule has 0 aliphatic carbocycles. The van der Waals surface area contributed by atoms with Crippen molar-refractivity contribution in [3.8, 4) is 22.7 Å². The van der Waals surface area contributed by atoms with Crippen molar-refractivity contribution >= 4 is 87.2 Å². The van der Waals surface area contributed by atoms with E-state index >= 15 is 0 Å². The number of hydrogen-bond acceptors (Lipinski definition) is 0. The molecule has 270 valence electrons. The molecular weight excluding hydrogens is 705 g/mol. The van der Waals surface area contributed by atoms with E-state index in [1.54, 1.807) is 0 Å². The van der Waals surface area contributed by atoms with Gasteiger partial charge in [-0.1, -0.05) is 109 Å². The molecule has 4 heteroatoms. The second-order valence-electron chi connectivity index (χ2n) is 15.4. The minimum atomic E-state index is 1.14. The molecule has 0 unspecified atom stereocenters. The zero-order valence-corrected chi connectivity index (χ0v) is 31.4. The molecule has 58 heavy (non-hydrogen) atoms. The van der Waals surface area contributed by atoms with Crippen molar-refractivity contribution in [1.29, 1.82) is 0 Å². The Morgan fingerprint density at radius 1 is 0.172 bits per heavy atom. The van der Waals surface area contributed by atoms with Crippen LogP contribution in [0.15, 0.2) is 206 Å². The van der Waals surface area contributed by atoms with E-state index in [2.05, 4.69) is 225 Å². The molecule has 0 N–H and O–H groups in total. The molecule has 0 bridgehead atoms. The molecule has 0 radical (unpaired) electrons. The van der Waals surface area contributed by atoms with Gasteiger partial charge in [-0.3, -0.25) is 0 Å². The van der Waals surface area contributed by atoms with Gasteiger partial charge in [-0.2, -0.15) is 0 Å². The van der Waals surface area contributed by atoms with Crippen molar-refractivity contribution in [3.63, 3.8) is 0 Å². The van der Waals surface area contributed by atoms with Gasteiger partial charge in [0.15, 0.2) is 0 Å². The molecule has 0 saturated heterocycles. The molecule has 0 atom stereocenters. The Morgan fingerprint density at radius 2 is 0.466 bits per heavy atom. The van der Waals surface area contributed by atoms with Gasteiger partial charge in [0.2, 0.25) is 0 Å². The second kappa shape index (κ2) is 11.8. The molecule has 0 aliphatic rings. The van der Waals surface area contributed by atoms with Gasteiger partial charge in [-0.25, -0.2) is 0 Å². The zero-order valence-electron chi connectivity index (χ0n) is 31.4. The summed E-state index contributed by atoms with van der Waals surface area (Å²) in [5, 5.41) is 9.97. The highest BCUT2D eigenvalue weighted by molar-refractivity contribution is 6.21. The molecule has 0 spiro atoms. The van der Waals surface area contributed by atoms with Gasteiger partial charge in [0.25, 0.3) is 0 Å². The molecule has 13 aromatic rings. The van der Waals surface area contributed by atoms with Crippen molar-refractivity contribution in [2.24, 2.45) is 0 Å². The Hall–Kier alpha value is -7.82. The number of aromatic nitrogens is 4. The predicted octanol–water partition coefficient (Wildman–Crippen LogP) is 14.1. The largest absolute Gasteiger partial charge is 0.309 e. The van der Waals surface area contributed by atoms with E-state index < -0.39 is 0 Å². The summed E-state index contributed by atoms with van der Waals surface area (Å²) in [5.41, 5.74) is 14.2. The topological polar surface area (TPSA) is 19.7 Å². The van der Waals surface area contributed by atoms with Gasteiger partial charge in [0, 0.05) is 65.8 Å². The minimum Gasteiger partial charge on any atom is -0.309 e. The fraction of sp³-hybridized carbons (Fsp3) is 0. The van der Waals surface area contributed by atoms with Crippen LogP contribution in [0.5, 0.6) is 0 Å². The van der Waals surface area contributed by atoms with Crippen molar-refractivity contribution in [2.75, 3.05) is 0 Å². The lowest BCUT2D eigenvalue weighted by molar-refractivity contribution is 1.16. The molecule has 0 saturated carbocycles. The number of para-hydroxylation sites is 6. The van der Waals surface area contributed by atoms with Crippen molar-refractivity contribution in [3.05, 3.63) is 206 Å². The Kier molecular flexibility index (Phi) is 6.41. The van der Waals surface area contributed by atoms with Crippen molar-refractivity contribution in [2.45, 2.75) is 0 Å². The predicted molar refractivity (Wildman–Crippen MR) is 244 cm³/mol. The number of fused-ring (bicyclic) bond motifs is 12. The SMILES string of the molecule is c1ccc(-n2c3ccccc3c3cc4c5ccccc5n(-c5ccc6c(c5)c5cc7c8ccccc8n(-c8ccccc8)c7cc5n6-c5ccccc5)c4cc32)cc1. The first kappa shape index (κ1) is 31.4. The Morgan fingerprint density at radius 3 is 0.862 bits per heavy atom. The summed E-state index contributed by atoms with van der Waals surface area (Å²) in [5.74, 6) is 0. The van der Waals surface area contributed by atoms with Crippen LogP contribution in [0.4, 0.5) is 0 Å². The molecule has 4 heterocycles. The summed E-state index contributed by atoms with van der Waals surface area (Å²) in [6.07, 6.45) is 0. The highest BCUT2D eigenvalue weighted by Crippen LogP contribution is 2.43. The van der Waals surface area contributed by atoms with Gasteiger partial charge in [0.05, 0.1) is 44.1 Å². The minimum absolute atomic E-state index is 1.14. The third-order valence-electron chi connectivity index (χ3n) is 12.3. The first-order valence-electron chi connectivity index (χ1n) is 19.9. The fourth-order valence-electron chi connectivity index (χ4n) is 9.88. The maximum absolute atomic E-state index is 2.47. The lowest BCUT2D eigenvalue weighted by Crippen LogP contribution is -1.97. The van der Waals surface area contributed by atoms with Crippen molar-refractivity contribution < 1.29 is 0 Å². The lowest BCUT2D eigenvalue weighted by Gasteiger charge is -2.11. The monoisotopic (exact) mass is 738 g/mol. The molecule has 0 amide bonds. The van der Waals surface area contributed by atoms with Crippen LogP contribution in [0.25, 0.3) is 110 Å². The molecule has 13 rings (SSSR count). The van der Waals surface area contributed by atoms with Gasteiger partial charge < -0.3 is 18.3 Å². The molecular formula is C54H34N4. The molecule has 9 aromatic carbocycles. The van der Waals surface area contributed by atoms with Crippen LogP contribution in [0.2, 0.25) is 0 Å². The Bertz CT molecular complexity index is 3770. The summed E-state index contributed by atoms with van der Waals surface area (Å²) in [6, 6.07) is 75.5. The number of benzene rings is 9. The first-order chi connectivity index (χ1) is 28.8. The van der Waals surface area contributed by atoms with Crippen LogP contribution < -0.4 is 0 Å². The first-order valence-corrected chi connectivity index (χ1v) is 19.9. The van der Waals surface area contributed by atoms with E-state index in [-0.39, 0.29) is 0 Å².